The summed E-state index contributed by atoms with van der Waals surface area (Å²) >= 11 is 0. The number of hydrogen-bond acceptors (Lipinski definition) is 0. The van der Waals surface area contributed by atoms with Gasteiger partial charge in [-0.3, -0.25) is 0 Å². The highest BCUT2D eigenvalue weighted by Gasteiger charge is 2.27. The van der Waals surface area contributed by atoms with Crippen molar-refractivity contribution in [2.45, 2.75) is 40.5 Å². The van der Waals surface area contributed by atoms with Gasteiger partial charge in [-0.15, -0.1) is 13.2 Å². The third-order valence-electron chi connectivity index (χ3n) is 6.47. The molecule has 0 heterocycles. The molecule has 1 heteroatoms. The molecule has 0 aromatic carbocycles. The van der Waals surface area contributed by atoms with Gasteiger partial charge in [-0.1, -0.05) is 67.7 Å². The molecule has 1 nitrogen and oxygen atoms in total. The van der Waals surface area contributed by atoms with Crippen molar-refractivity contribution in [2.75, 3.05) is 26.2 Å². The van der Waals surface area contributed by atoms with Crippen molar-refractivity contribution in [3.05, 3.63) is 85.1 Å². The molecular weight excluding hydrogens is 326 g/mol. The Balaban J connectivity index is 2.20. The van der Waals surface area contributed by atoms with Crippen LogP contribution in [0.1, 0.15) is 40.5 Å². The van der Waals surface area contributed by atoms with Gasteiger partial charge in [0.1, 0.15) is 13.1 Å². The highest BCUT2D eigenvalue weighted by Crippen LogP contribution is 2.31. The van der Waals surface area contributed by atoms with E-state index in [1.807, 2.05) is 6.08 Å². The van der Waals surface area contributed by atoms with Crippen LogP contribution in [0.15, 0.2) is 85.1 Å². The van der Waals surface area contributed by atoms with Crippen LogP contribution in [0, 0.1) is 10.8 Å². The van der Waals surface area contributed by atoms with Gasteiger partial charge in [0.2, 0.25) is 0 Å². The van der Waals surface area contributed by atoms with Crippen LogP contribution in [0.5, 0.6) is 0 Å². The summed E-state index contributed by atoms with van der Waals surface area (Å²) in [5.74, 6) is 0. The van der Waals surface area contributed by atoms with Crippen molar-refractivity contribution in [3.63, 3.8) is 0 Å². The lowest BCUT2D eigenvalue weighted by atomic mass is 9.86. The van der Waals surface area contributed by atoms with E-state index in [-0.39, 0.29) is 10.8 Å². The maximum atomic E-state index is 4.03. The molecule has 0 spiro atoms. The number of allylic oxidation sites excluding steroid dienone is 8. The zero-order chi connectivity index (χ0) is 20.0. The van der Waals surface area contributed by atoms with E-state index >= 15 is 0 Å². The first kappa shape index (κ1) is 21.4. The quantitative estimate of drug-likeness (QED) is 0.338. The maximum absolute atomic E-state index is 4.03. The molecule has 0 saturated carbocycles. The minimum Gasteiger partial charge on any atom is -0.317 e. The van der Waals surface area contributed by atoms with Crippen molar-refractivity contribution < 1.29 is 4.48 Å². The molecule has 0 saturated heterocycles. The molecule has 0 aliphatic heterocycles. The molecule has 2 rings (SSSR count). The Morgan fingerprint density at radius 2 is 1.63 bits per heavy atom. The summed E-state index contributed by atoms with van der Waals surface area (Å²) in [5, 5.41) is 0. The van der Waals surface area contributed by atoms with Crippen LogP contribution >= 0.6 is 0 Å². The third kappa shape index (κ3) is 5.56. The predicted molar refractivity (Wildman–Crippen MR) is 121 cm³/mol. The van der Waals surface area contributed by atoms with Crippen molar-refractivity contribution in [2.24, 2.45) is 10.8 Å². The molecule has 0 bridgehead atoms. The lowest BCUT2D eigenvalue weighted by molar-refractivity contribution is -0.915. The molecule has 0 radical (unpaired) electrons. The van der Waals surface area contributed by atoms with Gasteiger partial charge in [-0.2, -0.15) is 0 Å². The summed E-state index contributed by atoms with van der Waals surface area (Å²) in [7, 11) is 0. The number of nitrogens with zero attached hydrogens (tertiary/aromatic N) is 1. The summed E-state index contributed by atoms with van der Waals surface area (Å²) in [5.41, 5.74) is 2.94. The molecule has 146 valence electrons. The second-order valence-electron chi connectivity index (χ2n) is 8.66. The average molecular weight is 365 g/mol. The van der Waals surface area contributed by atoms with Crippen LogP contribution in [0.25, 0.3) is 0 Å². The smallest absolute Gasteiger partial charge is 0.105 e. The topological polar surface area (TPSA) is 0 Å². The van der Waals surface area contributed by atoms with E-state index < -0.39 is 0 Å². The largest absolute Gasteiger partial charge is 0.317 e. The minimum absolute atomic E-state index is 0.0476. The maximum Gasteiger partial charge on any atom is 0.105 e. The minimum atomic E-state index is -0.0476. The van der Waals surface area contributed by atoms with Crippen LogP contribution in [0.2, 0.25) is 0 Å². The number of likely N-dealkylation sites (N-methyl/N-ethyl adjacent to an activating group) is 1. The normalized spacial score (nSPS) is 28.1. The Morgan fingerprint density at radius 1 is 0.963 bits per heavy atom. The van der Waals surface area contributed by atoms with E-state index in [0.29, 0.717) is 0 Å². The fraction of sp³-hybridized carbons (Fsp3) is 0.462. The monoisotopic (exact) mass is 364 g/mol. The molecule has 0 fully saturated rings. The van der Waals surface area contributed by atoms with Gasteiger partial charge in [0, 0.05) is 22.0 Å². The van der Waals surface area contributed by atoms with E-state index in [2.05, 4.69) is 95.5 Å². The molecule has 0 aromatic heterocycles. The molecular formula is C26H38N+. The number of rotatable bonds is 8. The van der Waals surface area contributed by atoms with Crippen LogP contribution in [0.3, 0.4) is 0 Å². The molecule has 0 aromatic rings. The van der Waals surface area contributed by atoms with Gasteiger partial charge in [-0.05, 0) is 33.6 Å². The Hall–Kier alpha value is -1.86. The Labute approximate surface area is 167 Å². The Morgan fingerprint density at radius 3 is 2.26 bits per heavy atom. The fourth-order valence-electron chi connectivity index (χ4n) is 3.82. The second-order valence-corrected chi connectivity index (χ2v) is 8.66. The molecule has 2 aliphatic carbocycles. The fourth-order valence-corrected chi connectivity index (χ4v) is 3.82. The Bertz CT molecular complexity index is 696. The summed E-state index contributed by atoms with van der Waals surface area (Å²) in [6.07, 6.45) is 24.8. The van der Waals surface area contributed by atoms with Crippen molar-refractivity contribution in [3.8, 4) is 0 Å². The molecule has 2 aliphatic rings. The van der Waals surface area contributed by atoms with Gasteiger partial charge in [0.15, 0.2) is 0 Å². The summed E-state index contributed by atoms with van der Waals surface area (Å²) in [6.45, 7) is 21.5. The van der Waals surface area contributed by atoms with E-state index in [9.17, 15) is 0 Å². The number of quaternary nitrogens is 1. The first-order valence-corrected chi connectivity index (χ1v) is 10.4. The predicted octanol–water partition coefficient (Wildman–Crippen LogP) is 6.56. The molecule has 0 amide bonds. The van der Waals surface area contributed by atoms with Gasteiger partial charge >= 0.3 is 0 Å². The van der Waals surface area contributed by atoms with Crippen molar-refractivity contribution in [1.82, 2.24) is 0 Å². The summed E-state index contributed by atoms with van der Waals surface area (Å²) < 4.78 is 1.08. The van der Waals surface area contributed by atoms with E-state index in [4.69, 9.17) is 0 Å². The zero-order valence-electron chi connectivity index (χ0n) is 17.9. The van der Waals surface area contributed by atoms with E-state index in [0.717, 1.165) is 43.5 Å². The lowest BCUT2D eigenvalue weighted by Crippen LogP contribution is -2.50. The first-order valence-electron chi connectivity index (χ1n) is 10.4. The van der Waals surface area contributed by atoms with Crippen molar-refractivity contribution in [1.29, 1.82) is 0 Å². The SMILES string of the molecule is C=CC1(C)C=CC=C(C[N+](CC)(CC)CC2=CCCC(C)(C=C)C=C2)C=C1. The molecule has 2 atom stereocenters. The molecule has 27 heavy (non-hydrogen) atoms. The average Bonchev–Trinajstić information content (AvgIpc) is 2.98. The van der Waals surface area contributed by atoms with Gasteiger partial charge in [0.25, 0.3) is 0 Å². The Kier molecular flexibility index (Phi) is 7.06. The van der Waals surface area contributed by atoms with Crippen LogP contribution in [-0.4, -0.2) is 30.7 Å². The van der Waals surface area contributed by atoms with Crippen molar-refractivity contribution >= 4 is 0 Å². The van der Waals surface area contributed by atoms with Gasteiger partial charge in [-0.25, -0.2) is 0 Å². The van der Waals surface area contributed by atoms with Crippen LogP contribution < -0.4 is 0 Å². The lowest BCUT2D eigenvalue weighted by Gasteiger charge is -2.37. The highest BCUT2D eigenvalue weighted by atomic mass is 15.3. The van der Waals surface area contributed by atoms with E-state index in [1.54, 1.807) is 0 Å². The molecule has 0 N–H and O–H groups in total. The highest BCUT2D eigenvalue weighted by molar-refractivity contribution is 5.34. The standard InChI is InChI=1S/C26H38N/c1-7-25(5)17-11-13-23(15-19-25)21-27(9-3,10-4)22-24-14-12-18-26(6,8-2)20-16-24/h7-8,11,13-17,19-20H,1-2,9-10,12,18,21-22H2,3-6H3/q+1. The van der Waals surface area contributed by atoms with Gasteiger partial charge in [0.05, 0.1) is 13.1 Å². The first-order chi connectivity index (χ1) is 12.8. The second kappa shape index (κ2) is 8.89. The van der Waals surface area contributed by atoms with Gasteiger partial charge < -0.3 is 4.48 Å². The third-order valence-corrected chi connectivity index (χ3v) is 6.47. The summed E-state index contributed by atoms with van der Waals surface area (Å²) in [6, 6.07) is 0. The van der Waals surface area contributed by atoms with Crippen LogP contribution in [-0.2, 0) is 0 Å². The van der Waals surface area contributed by atoms with E-state index in [1.165, 1.54) is 11.1 Å². The summed E-state index contributed by atoms with van der Waals surface area (Å²) in [4.78, 5) is 0. The number of hydrogen-bond donors (Lipinski definition) is 0. The van der Waals surface area contributed by atoms with Crippen LogP contribution in [0.4, 0.5) is 0 Å². The zero-order valence-corrected chi connectivity index (χ0v) is 17.9. The molecule has 2 unspecified atom stereocenters.